The summed E-state index contributed by atoms with van der Waals surface area (Å²) in [6.45, 7) is 0. The van der Waals surface area contributed by atoms with Crippen molar-refractivity contribution in [2.45, 2.75) is 18.8 Å². The van der Waals surface area contributed by atoms with Crippen molar-refractivity contribution in [2.24, 2.45) is 0 Å². The first-order chi connectivity index (χ1) is 15.7. The molecule has 6 nitrogen and oxygen atoms in total. The maximum atomic E-state index is 12.2. The van der Waals surface area contributed by atoms with Gasteiger partial charge in [-0.2, -0.15) is 0 Å². The number of hydrogen-bond donors (Lipinski definition) is 4. The molecule has 3 aromatic carbocycles. The van der Waals surface area contributed by atoms with Crippen LogP contribution in [0.2, 0.25) is 0 Å². The summed E-state index contributed by atoms with van der Waals surface area (Å²) in [5.41, 5.74) is 3.98. The van der Waals surface area contributed by atoms with Crippen LogP contribution in [0.1, 0.15) is 35.4 Å². The quantitative estimate of drug-likeness (QED) is 0.309. The van der Waals surface area contributed by atoms with Crippen LogP contribution in [0.15, 0.2) is 90.3 Å². The number of allylic oxidation sites excluding steroid dienone is 2. The summed E-state index contributed by atoms with van der Waals surface area (Å²) in [4.78, 5) is 39.6. The molecule has 4 rings (SSSR count). The fraction of sp³-hybridized carbons (Fsp3) is 0.120. The molecule has 0 saturated carbocycles. The van der Waals surface area contributed by atoms with Gasteiger partial charge in [0, 0.05) is 5.92 Å². The molecule has 1 aliphatic carbocycles. The Morgan fingerprint density at radius 1 is 0.727 bits per heavy atom. The van der Waals surface area contributed by atoms with Gasteiger partial charge in [0.15, 0.2) is 0 Å². The molecule has 1 atom stereocenters. The van der Waals surface area contributed by atoms with Crippen molar-refractivity contribution < 1.29 is 28.7 Å². The van der Waals surface area contributed by atoms with Gasteiger partial charge in [-0.1, -0.05) is 91.0 Å². The summed E-state index contributed by atoms with van der Waals surface area (Å²) in [6.07, 6.45) is 4.64. The minimum atomic E-state index is -4.88. The van der Waals surface area contributed by atoms with E-state index < -0.39 is 31.7 Å². The van der Waals surface area contributed by atoms with Gasteiger partial charge in [0.05, 0.1) is 10.6 Å². The normalized spacial score (nSPS) is 16.4. The topological polar surface area (TPSA) is 115 Å². The SMILES string of the molecule is O=P(O)(O)C1=C(P(=O)(O)O)C(CC/C=C/c2ccc(-c3ccccc3)cc2)c2ccccc21. The standard InChI is InChI=1S/C25H24O6P2/c26-32(27,28)24-22(21-11-6-7-13-23(21)25(24)33(29,30)31)12-5-4-8-18-14-16-20(17-15-18)19-9-2-1-3-10-19/h1-4,6-11,13-17,22H,5,12H2,(H2,26,27,28)(H2,29,30,31)/b8-4+. The van der Waals surface area contributed by atoms with Crippen molar-refractivity contribution in [1.29, 1.82) is 0 Å². The molecule has 8 heteroatoms. The zero-order valence-corrected chi connectivity index (χ0v) is 19.4. The summed E-state index contributed by atoms with van der Waals surface area (Å²) < 4.78 is 24.4. The van der Waals surface area contributed by atoms with Crippen LogP contribution in [0, 0.1) is 0 Å². The van der Waals surface area contributed by atoms with Gasteiger partial charge in [-0.3, -0.25) is 9.13 Å². The van der Waals surface area contributed by atoms with E-state index in [9.17, 15) is 28.7 Å². The van der Waals surface area contributed by atoms with Crippen LogP contribution in [-0.4, -0.2) is 19.6 Å². The second kappa shape index (κ2) is 9.36. The van der Waals surface area contributed by atoms with Crippen LogP contribution in [-0.2, 0) is 9.13 Å². The average Bonchev–Trinajstić information content (AvgIpc) is 3.13. The maximum absolute atomic E-state index is 12.2. The fourth-order valence-electron chi connectivity index (χ4n) is 4.31. The summed E-state index contributed by atoms with van der Waals surface area (Å²) >= 11 is 0. The van der Waals surface area contributed by atoms with E-state index in [1.54, 1.807) is 18.2 Å². The maximum Gasteiger partial charge on any atom is 0.357 e. The van der Waals surface area contributed by atoms with Crippen molar-refractivity contribution in [3.8, 4) is 11.1 Å². The van der Waals surface area contributed by atoms with Gasteiger partial charge in [0.2, 0.25) is 0 Å². The monoisotopic (exact) mass is 482 g/mol. The van der Waals surface area contributed by atoms with Crippen molar-refractivity contribution in [3.05, 3.63) is 107 Å². The molecular formula is C25H24O6P2. The second-order valence-corrected chi connectivity index (χ2v) is 11.0. The van der Waals surface area contributed by atoms with Gasteiger partial charge in [0.1, 0.15) is 0 Å². The van der Waals surface area contributed by atoms with Gasteiger partial charge >= 0.3 is 15.2 Å². The Hall–Kier alpha value is -2.56. The highest BCUT2D eigenvalue weighted by atomic mass is 31.2. The van der Waals surface area contributed by atoms with Crippen LogP contribution in [0.4, 0.5) is 0 Å². The first kappa shape index (κ1) is 23.6. The fourth-order valence-corrected chi connectivity index (χ4v) is 7.13. The minimum absolute atomic E-state index is 0.217. The van der Waals surface area contributed by atoms with Crippen LogP contribution in [0.25, 0.3) is 22.5 Å². The third-order valence-electron chi connectivity index (χ3n) is 5.72. The van der Waals surface area contributed by atoms with Gasteiger partial charge in [-0.05, 0) is 40.7 Å². The summed E-state index contributed by atoms with van der Waals surface area (Å²) in [7, 11) is -9.77. The molecule has 0 spiro atoms. The third-order valence-corrected chi connectivity index (χ3v) is 8.12. The lowest BCUT2D eigenvalue weighted by atomic mass is 9.95. The van der Waals surface area contributed by atoms with Crippen molar-refractivity contribution in [1.82, 2.24) is 0 Å². The van der Waals surface area contributed by atoms with Crippen molar-refractivity contribution >= 4 is 26.6 Å². The lowest BCUT2D eigenvalue weighted by molar-refractivity contribution is 0.375. The Balaban J connectivity index is 1.54. The number of rotatable bonds is 7. The van der Waals surface area contributed by atoms with Gasteiger partial charge in [-0.25, -0.2) is 0 Å². The molecule has 3 aromatic rings. The second-order valence-electron chi connectivity index (χ2n) is 7.93. The molecule has 0 radical (unpaired) electrons. The van der Waals surface area contributed by atoms with E-state index in [0.717, 1.165) is 16.7 Å². The number of hydrogen-bond acceptors (Lipinski definition) is 2. The molecule has 1 aliphatic rings. The molecule has 0 fully saturated rings. The predicted octanol–water partition coefficient (Wildman–Crippen LogP) is 5.97. The minimum Gasteiger partial charge on any atom is -0.321 e. The lowest BCUT2D eigenvalue weighted by Gasteiger charge is -2.17. The van der Waals surface area contributed by atoms with Crippen LogP contribution in [0.5, 0.6) is 0 Å². The summed E-state index contributed by atoms with van der Waals surface area (Å²) in [5, 5.41) is -0.991. The Bertz CT molecular complexity index is 1300. The summed E-state index contributed by atoms with van der Waals surface area (Å²) in [5.74, 6) is -0.755. The van der Waals surface area contributed by atoms with E-state index in [1.807, 2.05) is 66.7 Å². The first-order valence-corrected chi connectivity index (χ1v) is 13.7. The van der Waals surface area contributed by atoms with Gasteiger partial charge in [0.25, 0.3) is 0 Å². The molecule has 0 bridgehead atoms. The zero-order valence-electron chi connectivity index (χ0n) is 17.7. The Kier molecular flexibility index (Phi) is 6.69. The molecule has 170 valence electrons. The molecule has 4 N–H and O–H groups in total. The van der Waals surface area contributed by atoms with Crippen molar-refractivity contribution in [2.75, 3.05) is 0 Å². The predicted molar refractivity (Wildman–Crippen MR) is 130 cm³/mol. The van der Waals surface area contributed by atoms with E-state index in [2.05, 4.69) is 0 Å². The van der Waals surface area contributed by atoms with Crippen LogP contribution < -0.4 is 0 Å². The highest BCUT2D eigenvalue weighted by Crippen LogP contribution is 2.69. The van der Waals surface area contributed by atoms with E-state index in [4.69, 9.17) is 0 Å². The van der Waals surface area contributed by atoms with Crippen molar-refractivity contribution in [3.63, 3.8) is 0 Å². The molecule has 0 saturated heterocycles. The van der Waals surface area contributed by atoms with E-state index in [0.29, 0.717) is 18.4 Å². The molecule has 0 amide bonds. The highest BCUT2D eigenvalue weighted by Gasteiger charge is 2.45. The first-order valence-electron chi connectivity index (χ1n) is 10.4. The molecule has 1 unspecified atom stereocenters. The summed E-state index contributed by atoms with van der Waals surface area (Å²) in [6, 6.07) is 24.6. The zero-order chi connectivity index (χ0) is 23.6. The van der Waals surface area contributed by atoms with E-state index in [1.165, 1.54) is 6.07 Å². The smallest absolute Gasteiger partial charge is 0.321 e. The van der Waals surface area contributed by atoms with E-state index in [-0.39, 0.29) is 5.56 Å². The van der Waals surface area contributed by atoms with Gasteiger partial charge < -0.3 is 19.6 Å². The number of benzene rings is 3. The lowest BCUT2D eigenvalue weighted by Crippen LogP contribution is -2.00. The highest BCUT2D eigenvalue weighted by molar-refractivity contribution is 7.66. The molecule has 33 heavy (non-hydrogen) atoms. The molecule has 0 aliphatic heterocycles. The largest absolute Gasteiger partial charge is 0.357 e. The average molecular weight is 482 g/mol. The third kappa shape index (κ3) is 5.18. The van der Waals surface area contributed by atoms with Crippen LogP contribution >= 0.6 is 15.2 Å². The Morgan fingerprint density at radius 2 is 1.33 bits per heavy atom. The van der Waals surface area contributed by atoms with Crippen LogP contribution in [0.3, 0.4) is 0 Å². The Labute approximate surface area is 192 Å². The molecular weight excluding hydrogens is 458 g/mol. The molecule has 0 heterocycles. The molecule has 0 aromatic heterocycles. The Morgan fingerprint density at radius 3 is 1.97 bits per heavy atom. The van der Waals surface area contributed by atoms with Gasteiger partial charge in [-0.15, -0.1) is 0 Å². The number of fused-ring (bicyclic) bond motifs is 1. The van der Waals surface area contributed by atoms with E-state index >= 15 is 0 Å².